The number of nitrogens with one attached hydrogen (secondary N) is 1. The highest BCUT2D eigenvalue weighted by atomic mass is 35.5. The first-order valence-electron chi connectivity index (χ1n) is 10.2. The number of pyridine rings is 1. The van der Waals surface area contributed by atoms with Gasteiger partial charge >= 0.3 is 0 Å². The summed E-state index contributed by atoms with van der Waals surface area (Å²) < 4.78 is 0. The Balaban J connectivity index is 1.58. The summed E-state index contributed by atoms with van der Waals surface area (Å²) in [6, 6.07) is 15.0. The van der Waals surface area contributed by atoms with E-state index in [-0.39, 0.29) is 17.7 Å². The summed E-state index contributed by atoms with van der Waals surface area (Å²) in [6.07, 6.45) is 2.48. The van der Waals surface area contributed by atoms with Crippen LogP contribution in [0, 0.1) is 12.8 Å². The molecular weight excluding hydrogens is 429 g/mol. The van der Waals surface area contributed by atoms with Crippen LogP contribution in [0.15, 0.2) is 59.7 Å². The first kappa shape index (κ1) is 21.5. The van der Waals surface area contributed by atoms with Crippen LogP contribution in [0.2, 0.25) is 10.0 Å². The Labute approximate surface area is 192 Å². The Hall–Kier alpha value is -2.69. The van der Waals surface area contributed by atoms with E-state index in [4.69, 9.17) is 23.2 Å². The number of amides is 1. The lowest BCUT2D eigenvalue weighted by Gasteiger charge is -2.21. The van der Waals surface area contributed by atoms with E-state index in [1.54, 1.807) is 6.07 Å². The summed E-state index contributed by atoms with van der Waals surface area (Å²) in [5, 5.41) is 4.30. The molecule has 158 valence electrons. The lowest BCUT2D eigenvalue weighted by Crippen LogP contribution is -2.25. The zero-order chi connectivity index (χ0) is 22.1. The Morgan fingerprint density at radius 1 is 1.06 bits per heavy atom. The van der Waals surface area contributed by atoms with Crippen molar-refractivity contribution in [3.05, 3.63) is 87.0 Å². The van der Waals surface area contributed by atoms with Gasteiger partial charge in [0.25, 0.3) is 0 Å². The highest BCUT2D eigenvalue weighted by molar-refractivity contribution is 6.34. The van der Waals surface area contributed by atoms with Gasteiger partial charge in [0.1, 0.15) is 0 Å². The maximum absolute atomic E-state index is 13.2. The Morgan fingerprint density at radius 3 is 2.52 bits per heavy atom. The Morgan fingerprint density at radius 2 is 1.81 bits per heavy atom. The van der Waals surface area contributed by atoms with Crippen LogP contribution < -0.4 is 5.32 Å². The van der Waals surface area contributed by atoms with Crippen LogP contribution in [0.1, 0.15) is 42.0 Å². The number of rotatable bonds is 5. The van der Waals surface area contributed by atoms with Gasteiger partial charge < -0.3 is 5.32 Å². The monoisotopic (exact) mass is 451 g/mol. The van der Waals surface area contributed by atoms with Gasteiger partial charge in [-0.1, -0.05) is 55.2 Å². The number of hydrogen-bond donors (Lipinski definition) is 1. The van der Waals surface area contributed by atoms with E-state index >= 15 is 0 Å². The van der Waals surface area contributed by atoms with Crippen LogP contribution in [0.4, 0.5) is 11.5 Å². The molecule has 1 aliphatic rings. The van der Waals surface area contributed by atoms with Gasteiger partial charge in [0.2, 0.25) is 5.91 Å². The number of fused-ring (bicyclic) bond motifs is 1. The molecule has 6 heteroatoms. The van der Waals surface area contributed by atoms with E-state index in [0.29, 0.717) is 22.2 Å². The molecule has 2 aromatic carbocycles. The molecule has 0 radical (unpaired) electrons. The molecule has 1 atom stereocenters. The fourth-order valence-corrected chi connectivity index (χ4v) is 4.26. The third-order valence-corrected chi connectivity index (χ3v) is 5.98. The van der Waals surface area contributed by atoms with E-state index in [1.807, 2.05) is 63.4 Å². The van der Waals surface area contributed by atoms with Crippen molar-refractivity contribution in [3.8, 4) is 0 Å². The zero-order valence-corrected chi connectivity index (χ0v) is 19.1. The molecule has 1 aliphatic heterocycles. The van der Waals surface area contributed by atoms with Crippen molar-refractivity contribution in [1.82, 2.24) is 4.98 Å². The maximum Gasteiger partial charge on any atom is 0.232 e. The molecule has 2 heterocycles. The molecule has 1 unspecified atom stereocenters. The van der Waals surface area contributed by atoms with Crippen molar-refractivity contribution in [1.29, 1.82) is 0 Å². The van der Waals surface area contributed by atoms with E-state index in [2.05, 4.69) is 21.4 Å². The minimum Gasteiger partial charge on any atom is -0.326 e. The highest BCUT2D eigenvalue weighted by Crippen LogP contribution is 2.32. The molecule has 1 N–H and O–H groups in total. The van der Waals surface area contributed by atoms with Gasteiger partial charge in [-0.15, -0.1) is 0 Å². The SMILES string of the molecule is Cc1cnc2c(c1)CC(c1cc(NC(=O)C(c3ccc(Cl)cc3)C(C)C)ccc1Cl)=N2. The van der Waals surface area contributed by atoms with Crippen LogP contribution in [0.3, 0.4) is 0 Å². The summed E-state index contributed by atoms with van der Waals surface area (Å²) in [5.74, 6) is 0.487. The van der Waals surface area contributed by atoms with Crippen LogP contribution in [-0.2, 0) is 11.2 Å². The number of nitrogens with zero attached hydrogens (tertiary/aromatic N) is 2. The van der Waals surface area contributed by atoms with Crippen LogP contribution >= 0.6 is 23.2 Å². The molecule has 3 aromatic rings. The third-order valence-electron chi connectivity index (χ3n) is 5.40. The Bertz CT molecular complexity index is 1170. The second-order valence-corrected chi connectivity index (χ2v) is 9.03. The minimum absolute atomic E-state index is 0.0699. The van der Waals surface area contributed by atoms with Gasteiger partial charge in [-0.2, -0.15) is 0 Å². The second-order valence-electron chi connectivity index (χ2n) is 8.19. The number of aliphatic imine (C=N–C) groups is 1. The van der Waals surface area contributed by atoms with Gasteiger partial charge in [0, 0.05) is 39.5 Å². The highest BCUT2D eigenvalue weighted by Gasteiger charge is 2.25. The van der Waals surface area contributed by atoms with Gasteiger partial charge in [0.15, 0.2) is 5.82 Å². The van der Waals surface area contributed by atoms with Crippen molar-refractivity contribution in [3.63, 3.8) is 0 Å². The molecule has 1 aromatic heterocycles. The lowest BCUT2D eigenvalue weighted by atomic mass is 9.87. The topological polar surface area (TPSA) is 54.4 Å². The van der Waals surface area contributed by atoms with E-state index in [9.17, 15) is 4.79 Å². The maximum atomic E-state index is 13.2. The molecule has 0 saturated carbocycles. The van der Waals surface area contributed by atoms with Crippen LogP contribution in [0.25, 0.3) is 0 Å². The fraction of sp³-hybridized carbons (Fsp3) is 0.240. The summed E-state index contributed by atoms with van der Waals surface area (Å²) in [4.78, 5) is 22.2. The van der Waals surface area contributed by atoms with Gasteiger partial charge in [0.05, 0.1) is 11.6 Å². The molecule has 4 rings (SSSR count). The van der Waals surface area contributed by atoms with Gasteiger partial charge in [-0.3, -0.25) is 4.79 Å². The number of carbonyl (C=O) groups excluding carboxylic acids is 1. The lowest BCUT2D eigenvalue weighted by molar-refractivity contribution is -0.118. The molecule has 1 amide bonds. The standard InChI is InChI=1S/C25H23Cl2N3O/c1-14(2)23(16-4-6-18(26)7-5-16)25(31)29-19-8-9-21(27)20(12-19)22-11-17-10-15(3)13-28-24(17)30-22/h4-10,12-14,23H,11H2,1-3H3,(H,29,31). The van der Waals surface area contributed by atoms with Crippen molar-refractivity contribution in [2.24, 2.45) is 10.9 Å². The van der Waals surface area contributed by atoms with Crippen molar-refractivity contribution in [2.45, 2.75) is 33.1 Å². The number of aryl methyl sites for hydroxylation is 1. The van der Waals surface area contributed by atoms with Crippen LogP contribution in [-0.4, -0.2) is 16.6 Å². The number of aromatic nitrogens is 1. The first-order valence-corrected chi connectivity index (χ1v) is 11.0. The van der Waals surface area contributed by atoms with Crippen molar-refractivity contribution < 1.29 is 4.79 Å². The average molecular weight is 452 g/mol. The molecule has 0 bridgehead atoms. The molecule has 4 nitrogen and oxygen atoms in total. The van der Waals surface area contributed by atoms with E-state index in [0.717, 1.165) is 33.8 Å². The minimum atomic E-state index is -0.295. The quantitative estimate of drug-likeness (QED) is 0.466. The summed E-state index contributed by atoms with van der Waals surface area (Å²) in [7, 11) is 0. The average Bonchev–Trinajstić information content (AvgIpc) is 3.13. The smallest absolute Gasteiger partial charge is 0.232 e. The number of anilines is 1. The second kappa shape index (κ2) is 8.81. The number of hydrogen-bond acceptors (Lipinski definition) is 3. The molecular formula is C25H23Cl2N3O. The molecule has 0 saturated heterocycles. The van der Waals surface area contributed by atoms with E-state index in [1.165, 1.54) is 0 Å². The number of benzene rings is 2. The van der Waals surface area contributed by atoms with E-state index < -0.39 is 0 Å². The first-order chi connectivity index (χ1) is 14.8. The molecule has 0 aliphatic carbocycles. The predicted molar refractivity (Wildman–Crippen MR) is 128 cm³/mol. The normalized spacial score (nSPS) is 13.7. The molecule has 0 spiro atoms. The predicted octanol–water partition coefficient (Wildman–Crippen LogP) is 6.75. The van der Waals surface area contributed by atoms with Crippen LogP contribution in [0.5, 0.6) is 0 Å². The molecule has 0 fully saturated rings. The number of carbonyl (C=O) groups is 1. The zero-order valence-electron chi connectivity index (χ0n) is 17.6. The number of halogens is 2. The van der Waals surface area contributed by atoms with Gasteiger partial charge in [-0.25, -0.2) is 9.98 Å². The largest absolute Gasteiger partial charge is 0.326 e. The summed E-state index contributed by atoms with van der Waals surface area (Å²) in [6.45, 7) is 6.08. The summed E-state index contributed by atoms with van der Waals surface area (Å²) in [5.41, 5.74) is 5.47. The third kappa shape index (κ3) is 4.65. The molecule has 31 heavy (non-hydrogen) atoms. The van der Waals surface area contributed by atoms with Crippen molar-refractivity contribution >= 4 is 46.3 Å². The summed E-state index contributed by atoms with van der Waals surface area (Å²) >= 11 is 12.5. The fourth-order valence-electron chi connectivity index (χ4n) is 3.91. The van der Waals surface area contributed by atoms with Crippen molar-refractivity contribution in [2.75, 3.05) is 5.32 Å². The Kier molecular flexibility index (Phi) is 6.12. The van der Waals surface area contributed by atoms with Gasteiger partial charge in [-0.05, 0) is 54.3 Å².